The Morgan fingerprint density at radius 2 is 1.67 bits per heavy atom. The molecule has 0 spiro atoms. The van der Waals surface area contributed by atoms with Crippen LogP contribution in [0.2, 0.25) is 0 Å². The molecule has 0 aromatic heterocycles. The van der Waals surface area contributed by atoms with Gasteiger partial charge in [-0.3, -0.25) is 4.79 Å². The predicted octanol–water partition coefficient (Wildman–Crippen LogP) is 2.37. The molecular weight excluding hydrogens is 224 g/mol. The zero-order chi connectivity index (χ0) is 13.0. The summed E-state index contributed by atoms with van der Waals surface area (Å²) in [7, 11) is 0. The van der Waals surface area contributed by atoms with Crippen LogP contribution >= 0.6 is 0 Å². The number of likely N-dealkylation sites (tertiary alicyclic amines) is 2. The lowest BCUT2D eigenvalue weighted by molar-refractivity contribution is -0.130. The molecule has 0 bridgehead atoms. The summed E-state index contributed by atoms with van der Waals surface area (Å²) in [5.41, 5.74) is 0. The Morgan fingerprint density at radius 1 is 1.00 bits per heavy atom. The number of hydrogen-bond acceptors (Lipinski definition) is 2. The highest BCUT2D eigenvalue weighted by Gasteiger charge is 2.40. The van der Waals surface area contributed by atoms with Crippen molar-refractivity contribution in [2.24, 2.45) is 11.8 Å². The Bertz CT molecular complexity index is 266. The van der Waals surface area contributed by atoms with Crippen LogP contribution in [0.3, 0.4) is 0 Å². The van der Waals surface area contributed by atoms with Crippen LogP contribution < -0.4 is 0 Å². The van der Waals surface area contributed by atoms with E-state index in [1.807, 2.05) is 6.92 Å². The van der Waals surface area contributed by atoms with Crippen molar-refractivity contribution in [2.45, 2.75) is 46.0 Å². The maximum Gasteiger partial charge on any atom is 0.222 e. The fraction of sp³-hybridized carbons (Fsp3) is 0.933. The first kappa shape index (κ1) is 13.9. The molecule has 0 aliphatic carbocycles. The van der Waals surface area contributed by atoms with Gasteiger partial charge >= 0.3 is 0 Å². The maximum atomic E-state index is 11.7. The lowest BCUT2D eigenvalue weighted by Gasteiger charge is -2.21. The number of nitrogens with zero attached hydrogens (tertiary/aromatic N) is 2. The molecule has 0 saturated carbocycles. The minimum absolute atomic E-state index is 0.346. The molecule has 2 rings (SSSR count). The zero-order valence-electron chi connectivity index (χ0n) is 12.0. The van der Waals surface area contributed by atoms with Gasteiger partial charge in [0.05, 0.1) is 0 Å². The molecule has 0 aromatic rings. The standard InChI is InChI=1S/C15H28N2O/c1-3-5-6-7-8-16-9-13-11-17(15(18)4-2)12-14(13)10-16/h13-14H,3-12H2,1-2H3. The van der Waals surface area contributed by atoms with E-state index in [1.165, 1.54) is 45.3 Å². The fourth-order valence-corrected chi connectivity index (χ4v) is 3.46. The minimum atomic E-state index is 0.346. The Hall–Kier alpha value is -0.570. The van der Waals surface area contributed by atoms with E-state index in [4.69, 9.17) is 0 Å². The van der Waals surface area contributed by atoms with Gasteiger partial charge in [0.25, 0.3) is 0 Å². The normalized spacial score (nSPS) is 27.8. The molecular formula is C15H28N2O. The van der Waals surface area contributed by atoms with Crippen molar-refractivity contribution in [1.82, 2.24) is 9.80 Å². The molecule has 3 nitrogen and oxygen atoms in total. The van der Waals surface area contributed by atoms with E-state index in [-0.39, 0.29) is 0 Å². The van der Waals surface area contributed by atoms with E-state index in [2.05, 4.69) is 16.7 Å². The summed E-state index contributed by atoms with van der Waals surface area (Å²) in [6.45, 7) is 9.99. The average molecular weight is 252 g/mol. The Morgan fingerprint density at radius 3 is 2.22 bits per heavy atom. The van der Waals surface area contributed by atoms with Crippen LogP contribution in [-0.4, -0.2) is 48.4 Å². The smallest absolute Gasteiger partial charge is 0.222 e. The predicted molar refractivity (Wildman–Crippen MR) is 74.4 cm³/mol. The second-order valence-electron chi connectivity index (χ2n) is 5.99. The highest BCUT2D eigenvalue weighted by atomic mass is 16.2. The third kappa shape index (κ3) is 3.25. The molecule has 0 radical (unpaired) electrons. The van der Waals surface area contributed by atoms with Crippen LogP contribution in [-0.2, 0) is 4.79 Å². The van der Waals surface area contributed by atoms with Gasteiger partial charge in [-0.2, -0.15) is 0 Å². The molecule has 2 heterocycles. The molecule has 2 aliphatic rings. The van der Waals surface area contributed by atoms with Crippen LogP contribution in [0.5, 0.6) is 0 Å². The summed E-state index contributed by atoms with van der Waals surface area (Å²) >= 11 is 0. The molecule has 3 heteroatoms. The monoisotopic (exact) mass is 252 g/mol. The molecule has 104 valence electrons. The molecule has 18 heavy (non-hydrogen) atoms. The van der Waals surface area contributed by atoms with Crippen molar-refractivity contribution in [3.63, 3.8) is 0 Å². The summed E-state index contributed by atoms with van der Waals surface area (Å²) in [6.07, 6.45) is 6.09. The number of carbonyl (C=O) groups is 1. The van der Waals surface area contributed by atoms with Crippen molar-refractivity contribution in [3.05, 3.63) is 0 Å². The first-order chi connectivity index (χ1) is 8.74. The topological polar surface area (TPSA) is 23.6 Å². The largest absolute Gasteiger partial charge is 0.342 e. The maximum absolute atomic E-state index is 11.7. The van der Waals surface area contributed by atoms with E-state index >= 15 is 0 Å². The fourth-order valence-electron chi connectivity index (χ4n) is 3.46. The van der Waals surface area contributed by atoms with Crippen molar-refractivity contribution in [3.8, 4) is 0 Å². The van der Waals surface area contributed by atoms with Crippen LogP contribution in [0.1, 0.15) is 46.0 Å². The molecule has 0 aromatic carbocycles. The number of carbonyl (C=O) groups excluding carboxylic acids is 1. The highest BCUT2D eigenvalue weighted by Crippen LogP contribution is 2.31. The molecule has 2 atom stereocenters. The summed E-state index contributed by atoms with van der Waals surface area (Å²) in [6, 6.07) is 0. The summed E-state index contributed by atoms with van der Waals surface area (Å²) in [4.78, 5) is 16.4. The van der Waals surface area contributed by atoms with E-state index in [9.17, 15) is 4.79 Å². The van der Waals surface area contributed by atoms with E-state index in [1.54, 1.807) is 0 Å². The van der Waals surface area contributed by atoms with Gasteiger partial charge in [-0.15, -0.1) is 0 Å². The number of rotatable bonds is 6. The van der Waals surface area contributed by atoms with E-state index in [0.29, 0.717) is 12.3 Å². The van der Waals surface area contributed by atoms with Crippen molar-refractivity contribution in [2.75, 3.05) is 32.7 Å². The van der Waals surface area contributed by atoms with Gasteiger partial charge < -0.3 is 9.80 Å². The minimum Gasteiger partial charge on any atom is -0.342 e. The van der Waals surface area contributed by atoms with Crippen LogP contribution in [0.4, 0.5) is 0 Å². The Balaban J connectivity index is 1.68. The van der Waals surface area contributed by atoms with Gasteiger partial charge in [0.1, 0.15) is 0 Å². The van der Waals surface area contributed by atoms with Gasteiger partial charge in [-0.1, -0.05) is 33.1 Å². The van der Waals surface area contributed by atoms with Gasteiger partial charge in [0.2, 0.25) is 5.91 Å². The number of unbranched alkanes of at least 4 members (excludes halogenated alkanes) is 3. The molecule has 2 saturated heterocycles. The van der Waals surface area contributed by atoms with Gasteiger partial charge in [0, 0.05) is 32.6 Å². The van der Waals surface area contributed by atoms with Crippen molar-refractivity contribution < 1.29 is 4.79 Å². The second-order valence-corrected chi connectivity index (χ2v) is 5.99. The van der Waals surface area contributed by atoms with E-state index < -0.39 is 0 Å². The van der Waals surface area contributed by atoms with Crippen LogP contribution in [0.25, 0.3) is 0 Å². The third-order valence-corrected chi connectivity index (χ3v) is 4.54. The van der Waals surface area contributed by atoms with Gasteiger partial charge in [-0.25, -0.2) is 0 Å². The van der Waals surface area contributed by atoms with Crippen molar-refractivity contribution in [1.29, 1.82) is 0 Å². The highest BCUT2D eigenvalue weighted by molar-refractivity contribution is 5.76. The van der Waals surface area contributed by atoms with Crippen LogP contribution in [0, 0.1) is 11.8 Å². The molecule has 2 unspecified atom stereocenters. The number of fused-ring (bicyclic) bond motifs is 1. The zero-order valence-corrected chi connectivity index (χ0v) is 12.0. The SMILES string of the molecule is CCCCCCN1CC2CN(C(=O)CC)CC2C1. The number of amides is 1. The second kappa shape index (κ2) is 6.55. The average Bonchev–Trinajstić information content (AvgIpc) is 2.91. The lowest BCUT2D eigenvalue weighted by Crippen LogP contribution is -2.33. The van der Waals surface area contributed by atoms with Crippen molar-refractivity contribution >= 4 is 5.91 Å². The van der Waals surface area contributed by atoms with Crippen LogP contribution in [0.15, 0.2) is 0 Å². The van der Waals surface area contributed by atoms with E-state index in [0.717, 1.165) is 24.9 Å². The summed E-state index contributed by atoms with van der Waals surface area (Å²) < 4.78 is 0. The number of hydrogen-bond donors (Lipinski definition) is 0. The Labute approximate surface area is 112 Å². The molecule has 0 N–H and O–H groups in total. The van der Waals surface area contributed by atoms with Gasteiger partial charge in [-0.05, 0) is 24.8 Å². The quantitative estimate of drug-likeness (QED) is 0.678. The Kier molecular flexibility index (Phi) is 5.04. The molecule has 2 fully saturated rings. The lowest BCUT2D eigenvalue weighted by atomic mass is 10.0. The third-order valence-electron chi connectivity index (χ3n) is 4.54. The molecule has 2 aliphatic heterocycles. The summed E-state index contributed by atoms with van der Waals surface area (Å²) in [5, 5.41) is 0. The first-order valence-corrected chi connectivity index (χ1v) is 7.74. The van der Waals surface area contributed by atoms with Gasteiger partial charge in [0.15, 0.2) is 0 Å². The first-order valence-electron chi connectivity index (χ1n) is 7.74. The summed E-state index contributed by atoms with van der Waals surface area (Å²) in [5.74, 6) is 1.86. The molecule has 1 amide bonds.